The highest BCUT2D eigenvalue weighted by Crippen LogP contribution is 2.06. The zero-order chi connectivity index (χ0) is 12.1. The fraction of sp³-hybridized carbons (Fsp3) is 0.800. The largest absolute Gasteiger partial charge is 0.464 e. The predicted molar refractivity (Wildman–Crippen MR) is 56.7 cm³/mol. The Kier molecular flexibility index (Phi) is 4.70. The molecule has 1 heterocycles. The summed E-state index contributed by atoms with van der Waals surface area (Å²) < 4.78 is 4.76. The van der Waals surface area contributed by atoms with Crippen LogP contribution in [0.15, 0.2) is 0 Å². The van der Waals surface area contributed by atoms with Crippen LogP contribution in [0.2, 0.25) is 0 Å². The van der Waals surface area contributed by atoms with Gasteiger partial charge in [-0.15, -0.1) is 0 Å². The topological polar surface area (TPSA) is 87.7 Å². The number of carbonyl (C=O) groups excluding carboxylic acids is 2. The van der Waals surface area contributed by atoms with E-state index in [0.29, 0.717) is 19.6 Å². The van der Waals surface area contributed by atoms with E-state index >= 15 is 0 Å². The molecule has 16 heavy (non-hydrogen) atoms. The first-order valence-corrected chi connectivity index (χ1v) is 5.43. The number of aliphatic hydroxyl groups excluding tert-OH is 1. The minimum Gasteiger partial charge on any atom is -0.464 e. The lowest BCUT2D eigenvalue weighted by Gasteiger charge is -2.15. The Hall–Kier alpha value is -1.14. The molecule has 6 nitrogen and oxygen atoms in total. The number of β-amino-alcohol motifs (C(OH)–C–C–N with tert-alkyl or cyclic N) is 1. The first-order valence-electron chi connectivity index (χ1n) is 5.43. The quantitative estimate of drug-likeness (QED) is 0.527. The van der Waals surface area contributed by atoms with Crippen LogP contribution >= 0.6 is 0 Å². The zero-order valence-electron chi connectivity index (χ0n) is 9.53. The van der Waals surface area contributed by atoms with Gasteiger partial charge in [-0.25, -0.2) is 4.79 Å². The van der Waals surface area contributed by atoms with Crippen LogP contribution in [-0.2, 0) is 14.3 Å². The molecule has 0 aromatic heterocycles. The third-order valence-corrected chi connectivity index (χ3v) is 2.42. The first kappa shape index (κ1) is 12.9. The summed E-state index contributed by atoms with van der Waals surface area (Å²) in [5.41, 5.74) is 0. The van der Waals surface area contributed by atoms with Gasteiger partial charge < -0.3 is 20.5 Å². The van der Waals surface area contributed by atoms with Crippen molar-refractivity contribution in [2.24, 2.45) is 0 Å². The lowest BCUT2D eigenvalue weighted by molar-refractivity contribution is -0.147. The highest BCUT2D eigenvalue weighted by Gasteiger charge is 2.29. The van der Waals surface area contributed by atoms with Gasteiger partial charge in [0.2, 0.25) is 5.91 Å². The average Bonchev–Trinajstić information content (AvgIpc) is 2.65. The van der Waals surface area contributed by atoms with Crippen molar-refractivity contribution in [2.75, 3.05) is 13.2 Å². The van der Waals surface area contributed by atoms with E-state index in [-0.39, 0.29) is 5.91 Å². The molecule has 1 saturated heterocycles. The third-order valence-electron chi connectivity index (χ3n) is 2.42. The Bertz CT molecular complexity index is 270. The predicted octanol–water partition coefficient (Wildman–Crippen LogP) is -1.22. The molecule has 0 saturated carbocycles. The van der Waals surface area contributed by atoms with Crippen LogP contribution in [0.1, 0.15) is 20.3 Å². The van der Waals surface area contributed by atoms with Gasteiger partial charge in [0.05, 0.1) is 18.8 Å². The van der Waals surface area contributed by atoms with Crippen LogP contribution < -0.4 is 10.6 Å². The zero-order valence-corrected chi connectivity index (χ0v) is 9.53. The van der Waals surface area contributed by atoms with E-state index in [1.54, 1.807) is 13.8 Å². The maximum absolute atomic E-state index is 11.6. The summed E-state index contributed by atoms with van der Waals surface area (Å²) in [5, 5.41) is 14.7. The molecule has 0 bridgehead atoms. The molecule has 1 aliphatic heterocycles. The van der Waals surface area contributed by atoms with Gasteiger partial charge in [-0.1, -0.05) is 0 Å². The molecule has 92 valence electrons. The second-order valence-electron chi connectivity index (χ2n) is 3.83. The van der Waals surface area contributed by atoms with Crippen molar-refractivity contribution < 1.29 is 19.4 Å². The Morgan fingerprint density at radius 2 is 2.31 bits per heavy atom. The third kappa shape index (κ3) is 3.46. The molecule has 3 N–H and O–H groups in total. The molecule has 0 aromatic rings. The van der Waals surface area contributed by atoms with Gasteiger partial charge >= 0.3 is 5.97 Å². The van der Waals surface area contributed by atoms with E-state index in [9.17, 15) is 14.7 Å². The molecular weight excluding hydrogens is 212 g/mol. The second kappa shape index (κ2) is 5.81. The van der Waals surface area contributed by atoms with Crippen molar-refractivity contribution >= 4 is 11.9 Å². The molecule has 0 spiro atoms. The van der Waals surface area contributed by atoms with E-state index < -0.39 is 24.2 Å². The maximum atomic E-state index is 11.6. The van der Waals surface area contributed by atoms with Gasteiger partial charge in [0, 0.05) is 6.54 Å². The average molecular weight is 230 g/mol. The Labute approximate surface area is 94.3 Å². The maximum Gasteiger partial charge on any atom is 0.328 e. The van der Waals surface area contributed by atoms with Gasteiger partial charge in [-0.05, 0) is 20.3 Å². The molecule has 1 amide bonds. The van der Waals surface area contributed by atoms with Crippen molar-refractivity contribution in [3.05, 3.63) is 0 Å². The number of hydrogen-bond acceptors (Lipinski definition) is 5. The van der Waals surface area contributed by atoms with Crippen LogP contribution in [-0.4, -0.2) is 48.3 Å². The summed E-state index contributed by atoms with van der Waals surface area (Å²) in [7, 11) is 0. The highest BCUT2D eigenvalue weighted by atomic mass is 16.5. The summed E-state index contributed by atoms with van der Waals surface area (Å²) in [4.78, 5) is 22.9. The van der Waals surface area contributed by atoms with Crippen molar-refractivity contribution in [1.29, 1.82) is 0 Å². The number of esters is 1. The SMILES string of the molecule is CCOC(=O)C(C)NC(=O)C1CC(O)CN1. The Morgan fingerprint density at radius 1 is 1.62 bits per heavy atom. The normalized spacial score (nSPS) is 26.2. The molecule has 1 rings (SSSR count). The van der Waals surface area contributed by atoms with E-state index in [4.69, 9.17) is 4.74 Å². The van der Waals surface area contributed by atoms with Gasteiger partial charge in [0.1, 0.15) is 6.04 Å². The standard InChI is InChI=1S/C10H18N2O4/c1-3-16-10(15)6(2)12-9(14)8-4-7(13)5-11-8/h6-8,11,13H,3-5H2,1-2H3,(H,12,14). The van der Waals surface area contributed by atoms with Crippen molar-refractivity contribution in [3.63, 3.8) is 0 Å². The summed E-state index contributed by atoms with van der Waals surface area (Å²) in [6, 6.07) is -1.08. The molecule has 1 aliphatic rings. The number of amides is 1. The minimum absolute atomic E-state index is 0.280. The van der Waals surface area contributed by atoms with Crippen molar-refractivity contribution in [2.45, 2.75) is 38.5 Å². The fourth-order valence-corrected chi connectivity index (χ4v) is 1.56. The lowest BCUT2D eigenvalue weighted by atomic mass is 10.2. The molecule has 3 atom stereocenters. The van der Waals surface area contributed by atoms with Crippen LogP contribution in [0.25, 0.3) is 0 Å². The molecular formula is C10H18N2O4. The van der Waals surface area contributed by atoms with Gasteiger partial charge in [0.25, 0.3) is 0 Å². The van der Waals surface area contributed by atoms with E-state index in [0.717, 1.165) is 0 Å². The van der Waals surface area contributed by atoms with Crippen LogP contribution in [0.3, 0.4) is 0 Å². The molecule has 1 fully saturated rings. The fourth-order valence-electron chi connectivity index (χ4n) is 1.56. The van der Waals surface area contributed by atoms with Crippen LogP contribution in [0.4, 0.5) is 0 Å². The number of rotatable bonds is 4. The van der Waals surface area contributed by atoms with E-state index in [1.165, 1.54) is 0 Å². The first-order chi connectivity index (χ1) is 7.54. The number of nitrogens with one attached hydrogen (secondary N) is 2. The highest BCUT2D eigenvalue weighted by molar-refractivity contribution is 5.87. The number of aliphatic hydroxyl groups is 1. The van der Waals surface area contributed by atoms with Gasteiger partial charge in [0.15, 0.2) is 0 Å². The van der Waals surface area contributed by atoms with Crippen LogP contribution in [0.5, 0.6) is 0 Å². The Morgan fingerprint density at radius 3 is 2.81 bits per heavy atom. The number of ether oxygens (including phenoxy) is 1. The van der Waals surface area contributed by atoms with E-state index in [1.807, 2.05) is 0 Å². The monoisotopic (exact) mass is 230 g/mol. The summed E-state index contributed by atoms with van der Waals surface area (Å²) in [6.07, 6.45) is -0.116. The second-order valence-corrected chi connectivity index (χ2v) is 3.83. The summed E-state index contributed by atoms with van der Waals surface area (Å²) in [5.74, 6) is -0.730. The molecule has 0 aromatic carbocycles. The lowest BCUT2D eigenvalue weighted by Crippen LogP contribution is -2.47. The van der Waals surface area contributed by atoms with Crippen molar-refractivity contribution in [3.8, 4) is 0 Å². The summed E-state index contributed by atoms with van der Waals surface area (Å²) in [6.45, 7) is 3.98. The Balaban J connectivity index is 2.36. The van der Waals surface area contributed by atoms with Crippen LogP contribution in [0, 0.1) is 0 Å². The smallest absolute Gasteiger partial charge is 0.328 e. The molecule has 6 heteroatoms. The summed E-state index contributed by atoms with van der Waals surface area (Å²) >= 11 is 0. The number of carbonyl (C=O) groups is 2. The molecule has 0 aliphatic carbocycles. The molecule has 0 radical (unpaired) electrons. The van der Waals surface area contributed by atoms with Gasteiger partial charge in [-0.2, -0.15) is 0 Å². The number of hydrogen-bond donors (Lipinski definition) is 3. The van der Waals surface area contributed by atoms with E-state index in [2.05, 4.69) is 10.6 Å². The van der Waals surface area contributed by atoms with Gasteiger partial charge in [-0.3, -0.25) is 4.79 Å². The molecule has 3 unspecified atom stereocenters. The van der Waals surface area contributed by atoms with Crippen molar-refractivity contribution in [1.82, 2.24) is 10.6 Å². The minimum atomic E-state index is -0.660.